The lowest BCUT2D eigenvalue weighted by molar-refractivity contribution is -0.119. The normalized spacial score (nSPS) is 14.3. The molecular weight excluding hydrogens is 325 g/mol. The second kappa shape index (κ2) is 7.25. The zero-order valence-electron chi connectivity index (χ0n) is 13.8. The van der Waals surface area contributed by atoms with Crippen molar-refractivity contribution >= 4 is 23.8 Å². The van der Waals surface area contributed by atoms with Crippen LogP contribution >= 0.6 is 0 Å². The molecule has 8 heteroatoms. The van der Waals surface area contributed by atoms with Crippen LogP contribution in [0.3, 0.4) is 0 Å². The fourth-order valence-corrected chi connectivity index (χ4v) is 2.61. The van der Waals surface area contributed by atoms with Crippen LogP contribution in [0.2, 0.25) is 0 Å². The zero-order valence-corrected chi connectivity index (χ0v) is 13.8. The molecule has 130 valence electrons. The van der Waals surface area contributed by atoms with E-state index in [1.807, 2.05) is 0 Å². The number of aryl methyl sites for hydroxylation is 1. The minimum Gasteiger partial charge on any atom is -0.342 e. The van der Waals surface area contributed by atoms with Crippen LogP contribution in [0.1, 0.15) is 16.3 Å². The molecule has 1 aliphatic heterocycles. The minimum absolute atomic E-state index is 0.196. The first kappa shape index (κ1) is 16.8. The topological polar surface area (TPSA) is 78.4 Å². The van der Waals surface area contributed by atoms with Gasteiger partial charge in [-0.25, -0.2) is 14.4 Å². The van der Waals surface area contributed by atoms with Gasteiger partial charge in [0.1, 0.15) is 23.2 Å². The van der Waals surface area contributed by atoms with Crippen LogP contribution in [0.15, 0.2) is 30.3 Å². The third-order valence-corrected chi connectivity index (χ3v) is 3.92. The van der Waals surface area contributed by atoms with Gasteiger partial charge in [-0.3, -0.25) is 9.59 Å². The van der Waals surface area contributed by atoms with Crippen LogP contribution in [0.4, 0.5) is 15.9 Å². The molecule has 0 atom stereocenters. The van der Waals surface area contributed by atoms with Crippen molar-refractivity contribution in [1.82, 2.24) is 19.8 Å². The highest BCUT2D eigenvalue weighted by Crippen LogP contribution is 2.17. The SMILES string of the molecule is Cc1nc(Nc2ccc(F)cc2)cc(C(=O)N2CCN(C=O)CC2)n1. The monoisotopic (exact) mass is 343 g/mol. The molecule has 0 unspecified atom stereocenters. The van der Waals surface area contributed by atoms with E-state index in [1.165, 1.54) is 12.1 Å². The van der Waals surface area contributed by atoms with E-state index in [0.717, 1.165) is 6.41 Å². The van der Waals surface area contributed by atoms with E-state index >= 15 is 0 Å². The second-order valence-corrected chi connectivity index (χ2v) is 5.75. The maximum Gasteiger partial charge on any atom is 0.272 e. The number of anilines is 2. The molecule has 1 saturated heterocycles. The van der Waals surface area contributed by atoms with Gasteiger partial charge in [-0.2, -0.15) is 0 Å². The van der Waals surface area contributed by atoms with Crippen molar-refractivity contribution in [3.63, 3.8) is 0 Å². The maximum absolute atomic E-state index is 13.0. The van der Waals surface area contributed by atoms with Gasteiger partial charge in [-0.05, 0) is 31.2 Å². The number of carbonyl (C=O) groups excluding carboxylic acids is 2. The second-order valence-electron chi connectivity index (χ2n) is 5.75. The molecule has 0 bridgehead atoms. The molecule has 1 aromatic carbocycles. The molecule has 1 fully saturated rings. The lowest BCUT2D eigenvalue weighted by atomic mass is 10.2. The highest BCUT2D eigenvalue weighted by Gasteiger charge is 2.23. The number of rotatable bonds is 4. The minimum atomic E-state index is -0.324. The Labute approximate surface area is 144 Å². The van der Waals surface area contributed by atoms with Crippen molar-refractivity contribution in [2.45, 2.75) is 6.92 Å². The predicted octanol–water partition coefficient (Wildman–Crippen LogP) is 1.58. The summed E-state index contributed by atoms with van der Waals surface area (Å²) in [7, 11) is 0. The zero-order chi connectivity index (χ0) is 17.8. The summed E-state index contributed by atoms with van der Waals surface area (Å²) in [6.45, 7) is 3.68. The first-order chi connectivity index (χ1) is 12.0. The number of halogens is 1. The molecule has 0 spiro atoms. The van der Waals surface area contributed by atoms with Gasteiger partial charge in [-0.15, -0.1) is 0 Å². The molecule has 1 N–H and O–H groups in total. The van der Waals surface area contributed by atoms with Crippen LogP contribution in [0.5, 0.6) is 0 Å². The van der Waals surface area contributed by atoms with Crippen LogP contribution in [0.25, 0.3) is 0 Å². The molecule has 1 aromatic heterocycles. The number of amides is 2. The van der Waals surface area contributed by atoms with E-state index in [4.69, 9.17) is 0 Å². The molecule has 2 amide bonds. The number of carbonyl (C=O) groups is 2. The molecule has 2 heterocycles. The van der Waals surface area contributed by atoms with Crippen molar-refractivity contribution in [2.75, 3.05) is 31.5 Å². The summed E-state index contributed by atoms with van der Waals surface area (Å²) in [5.41, 5.74) is 0.953. The number of aromatic nitrogens is 2. The van der Waals surface area contributed by atoms with Gasteiger partial charge in [-0.1, -0.05) is 0 Å². The lowest BCUT2D eigenvalue weighted by Crippen LogP contribution is -2.48. The van der Waals surface area contributed by atoms with Crippen LogP contribution in [0, 0.1) is 12.7 Å². The molecule has 7 nitrogen and oxygen atoms in total. The summed E-state index contributed by atoms with van der Waals surface area (Å²) < 4.78 is 13.0. The number of benzene rings is 1. The molecule has 0 aliphatic carbocycles. The molecular formula is C17H18FN5O2. The average molecular weight is 343 g/mol. The maximum atomic E-state index is 13.0. The van der Waals surface area contributed by atoms with Gasteiger partial charge in [0.2, 0.25) is 6.41 Å². The molecule has 25 heavy (non-hydrogen) atoms. The van der Waals surface area contributed by atoms with Gasteiger partial charge in [0.05, 0.1) is 0 Å². The highest BCUT2D eigenvalue weighted by molar-refractivity contribution is 5.93. The van der Waals surface area contributed by atoms with Crippen LogP contribution < -0.4 is 5.32 Å². The Balaban J connectivity index is 1.75. The van der Waals surface area contributed by atoms with Gasteiger partial charge in [0.25, 0.3) is 5.91 Å². The van der Waals surface area contributed by atoms with Crippen molar-refractivity contribution < 1.29 is 14.0 Å². The van der Waals surface area contributed by atoms with E-state index < -0.39 is 0 Å². The van der Waals surface area contributed by atoms with E-state index in [-0.39, 0.29) is 17.4 Å². The van der Waals surface area contributed by atoms with E-state index in [0.29, 0.717) is 43.5 Å². The van der Waals surface area contributed by atoms with Crippen LogP contribution in [-0.4, -0.2) is 58.3 Å². The predicted molar refractivity (Wildman–Crippen MR) is 90.0 cm³/mol. The third-order valence-electron chi connectivity index (χ3n) is 3.92. The molecule has 2 aromatic rings. The fraction of sp³-hybridized carbons (Fsp3) is 0.294. The summed E-state index contributed by atoms with van der Waals surface area (Å²) in [5, 5.41) is 3.04. The van der Waals surface area contributed by atoms with E-state index in [2.05, 4.69) is 15.3 Å². The fourth-order valence-electron chi connectivity index (χ4n) is 2.61. The molecule has 3 rings (SSSR count). The number of nitrogens with one attached hydrogen (secondary N) is 1. The lowest BCUT2D eigenvalue weighted by Gasteiger charge is -2.32. The van der Waals surface area contributed by atoms with Gasteiger partial charge >= 0.3 is 0 Å². The van der Waals surface area contributed by atoms with Crippen LogP contribution in [-0.2, 0) is 4.79 Å². The summed E-state index contributed by atoms with van der Waals surface area (Å²) >= 11 is 0. The van der Waals surface area contributed by atoms with Crippen molar-refractivity contribution in [2.24, 2.45) is 0 Å². The molecule has 0 saturated carbocycles. The van der Waals surface area contributed by atoms with Gasteiger partial charge in [0, 0.05) is 37.9 Å². The Hall–Kier alpha value is -3.03. The highest BCUT2D eigenvalue weighted by atomic mass is 19.1. The summed E-state index contributed by atoms with van der Waals surface area (Å²) in [4.78, 5) is 35.2. The Bertz CT molecular complexity index is 773. The Morgan fingerprint density at radius 1 is 1.16 bits per heavy atom. The van der Waals surface area contributed by atoms with Crippen molar-refractivity contribution in [1.29, 1.82) is 0 Å². The standard InChI is InChI=1S/C17H18FN5O2/c1-12-19-15(17(25)23-8-6-22(11-24)7-9-23)10-16(20-12)21-14-4-2-13(18)3-5-14/h2-5,10-11H,6-9H2,1H3,(H,19,20,21). The number of hydrogen-bond donors (Lipinski definition) is 1. The van der Waals surface area contributed by atoms with Crippen molar-refractivity contribution in [3.05, 3.63) is 47.7 Å². The van der Waals surface area contributed by atoms with E-state index in [1.54, 1.807) is 34.9 Å². The summed E-state index contributed by atoms with van der Waals surface area (Å²) in [6.07, 6.45) is 0.793. The number of nitrogens with zero attached hydrogens (tertiary/aromatic N) is 4. The summed E-state index contributed by atoms with van der Waals surface area (Å²) in [6, 6.07) is 7.44. The molecule has 0 radical (unpaired) electrons. The Morgan fingerprint density at radius 2 is 1.84 bits per heavy atom. The Morgan fingerprint density at radius 3 is 2.48 bits per heavy atom. The third kappa shape index (κ3) is 4.09. The smallest absolute Gasteiger partial charge is 0.272 e. The Kier molecular flexibility index (Phi) is 4.87. The first-order valence-electron chi connectivity index (χ1n) is 7.92. The average Bonchev–Trinajstić information content (AvgIpc) is 2.62. The number of hydrogen-bond acceptors (Lipinski definition) is 5. The molecule has 1 aliphatic rings. The summed E-state index contributed by atoms with van der Waals surface area (Å²) in [5.74, 6) is 0.406. The largest absolute Gasteiger partial charge is 0.342 e. The van der Waals surface area contributed by atoms with E-state index in [9.17, 15) is 14.0 Å². The van der Waals surface area contributed by atoms with Gasteiger partial charge in [0.15, 0.2) is 0 Å². The van der Waals surface area contributed by atoms with Crippen molar-refractivity contribution in [3.8, 4) is 0 Å². The quantitative estimate of drug-likeness (QED) is 0.853. The number of piperazine rings is 1. The van der Waals surface area contributed by atoms with Gasteiger partial charge < -0.3 is 15.1 Å². The first-order valence-corrected chi connectivity index (χ1v) is 7.92.